The first kappa shape index (κ1) is 21.9. The lowest BCUT2D eigenvalue weighted by atomic mass is 10.0. The second-order valence-electron chi connectivity index (χ2n) is 6.68. The molecule has 0 saturated heterocycles. The predicted molar refractivity (Wildman–Crippen MR) is 107 cm³/mol. The zero-order valence-corrected chi connectivity index (χ0v) is 16.7. The quantitative estimate of drug-likeness (QED) is 0.456. The number of amides is 1. The van der Waals surface area contributed by atoms with Gasteiger partial charge in [-0.3, -0.25) is 4.79 Å². The number of rotatable bonds is 7. The van der Waals surface area contributed by atoms with Crippen LogP contribution in [0.1, 0.15) is 11.1 Å². The molecule has 1 aromatic heterocycles. The van der Waals surface area contributed by atoms with Gasteiger partial charge in [-0.25, -0.2) is 18.4 Å². The van der Waals surface area contributed by atoms with E-state index in [9.17, 15) is 23.2 Å². The Morgan fingerprint density at radius 1 is 1.10 bits per heavy atom. The first-order valence-corrected chi connectivity index (χ1v) is 9.23. The van der Waals surface area contributed by atoms with E-state index in [1.165, 1.54) is 25.3 Å². The molecule has 1 atom stereocenters. The van der Waals surface area contributed by atoms with Crippen molar-refractivity contribution in [2.75, 3.05) is 14.2 Å². The Bertz CT molecular complexity index is 1170. The first-order chi connectivity index (χ1) is 14.8. The molecule has 1 N–H and O–H groups in total. The molecule has 7 nitrogen and oxygen atoms in total. The third kappa shape index (κ3) is 5.06. The van der Waals surface area contributed by atoms with Crippen molar-refractivity contribution in [1.29, 1.82) is 0 Å². The molecule has 0 fully saturated rings. The van der Waals surface area contributed by atoms with Crippen LogP contribution in [0.4, 0.5) is 8.78 Å². The van der Waals surface area contributed by atoms with Crippen molar-refractivity contribution in [2.45, 2.75) is 18.9 Å². The molecule has 0 unspecified atom stereocenters. The monoisotopic (exact) mass is 431 g/mol. The molecule has 0 aliphatic heterocycles. The van der Waals surface area contributed by atoms with Gasteiger partial charge in [0, 0.05) is 29.5 Å². The summed E-state index contributed by atoms with van der Waals surface area (Å²) in [4.78, 5) is 36.6. The van der Waals surface area contributed by atoms with E-state index in [1.54, 1.807) is 12.1 Å². The number of halogens is 2. The van der Waals surface area contributed by atoms with Crippen LogP contribution >= 0.6 is 0 Å². The van der Waals surface area contributed by atoms with Gasteiger partial charge in [0.1, 0.15) is 29.0 Å². The maximum atomic E-state index is 13.8. The standard InChI is InChI=1S/C22H19F2NO6/c1-29-13-6-7-14-12(9-21(27)31-19(14)10-13)8-18(22(28)30-2)25-20(26)11-15-16(23)4-3-5-17(15)24/h3-7,9-10,18H,8,11H2,1-2H3,(H,25,26)/t18-/m1/s1. The molecule has 0 aliphatic rings. The van der Waals surface area contributed by atoms with Gasteiger partial charge < -0.3 is 19.2 Å². The van der Waals surface area contributed by atoms with E-state index in [0.29, 0.717) is 16.7 Å². The van der Waals surface area contributed by atoms with Crippen LogP contribution < -0.4 is 15.7 Å². The molecule has 2 aromatic carbocycles. The molecule has 9 heteroatoms. The van der Waals surface area contributed by atoms with Crippen LogP contribution in [0, 0.1) is 11.6 Å². The topological polar surface area (TPSA) is 94.8 Å². The number of hydrogen-bond donors (Lipinski definition) is 1. The highest BCUT2D eigenvalue weighted by molar-refractivity contribution is 5.87. The molecule has 0 bridgehead atoms. The van der Waals surface area contributed by atoms with Crippen molar-refractivity contribution in [3.63, 3.8) is 0 Å². The summed E-state index contributed by atoms with van der Waals surface area (Å²) >= 11 is 0. The van der Waals surface area contributed by atoms with Gasteiger partial charge >= 0.3 is 11.6 Å². The van der Waals surface area contributed by atoms with Crippen LogP contribution in [0.5, 0.6) is 5.75 Å². The molecule has 0 aliphatic carbocycles. The third-order valence-electron chi connectivity index (χ3n) is 4.68. The SMILES string of the molecule is COC(=O)[C@@H](Cc1cc(=O)oc2cc(OC)ccc12)NC(=O)Cc1c(F)cccc1F. The number of ether oxygens (including phenoxy) is 2. The molecular weight excluding hydrogens is 412 g/mol. The van der Waals surface area contributed by atoms with Gasteiger partial charge in [0.2, 0.25) is 5.91 Å². The largest absolute Gasteiger partial charge is 0.497 e. The Morgan fingerprint density at radius 2 is 1.81 bits per heavy atom. The molecule has 0 radical (unpaired) electrons. The van der Waals surface area contributed by atoms with E-state index in [2.05, 4.69) is 5.32 Å². The van der Waals surface area contributed by atoms with Gasteiger partial charge in [-0.15, -0.1) is 0 Å². The van der Waals surface area contributed by atoms with Crippen LogP contribution in [0.2, 0.25) is 0 Å². The van der Waals surface area contributed by atoms with Crippen LogP contribution in [-0.4, -0.2) is 32.1 Å². The molecule has 3 rings (SSSR count). The van der Waals surface area contributed by atoms with Crippen molar-refractivity contribution in [3.05, 3.63) is 75.6 Å². The molecule has 31 heavy (non-hydrogen) atoms. The van der Waals surface area contributed by atoms with Gasteiger partial charge in [0.15, 0.2) is 0 Å². The second-order valence-corrected chi connectivity index (χ2v) is 6.68. The van der Waals surface area contributed by atoms with Gasteiger partial charge in [-0.1, -0.05) is 6.07 Å². The van der Waals surface area contributed by atoms with Crippen LogP contribution in [0.3, 0.4) is 0 Å². The van der Waals surface area contributed by atoms with Crippen LogP contribution in [-0.2, 0) is 27.2 Å². The van der Waals surface area contributed by atoms with E-state index in [0.717, 1.165) is 19.2 Å². The van der Waals surface area contributed by atoms with Crippen molar-refractivity contribution in [3.8, 4) is 5.75 Å². The minimum absolute atomic E-state index is 0.105. The normalized spacial score (nSPS) is 11.7. The summed E-state index contributed by atoms with van der Waals surface area (Å²) < 4.78 is 42.7. The molecule has 162 valence electrons. The maximum absolute atomic E-state index is 13.8. The van der Waals surface area contributed by atoms with E-state index < -0.39 is 47.2 Å². The fourth-order valence-corrected chi connectivity index (χ4v) is 3.17. The van der Waals surface area contributed by atoms with E-state index in [1.807, 2.05) is 0 Å². The Hall–Kier alpha value is -3.75. The second kappa shape index (κ2) is 9.38. The minimum atomic E-state index is -1.19. The number of hydrogen-bond acceptors (Lipinski definition) is 6. The summed E-state index contributed by atoms with van der Waals surface area (Å²) in [6, 6.07) is 8.08. The average Bonchev–Trinajstić information content (AvgIpc) is 2.74. The Kier molecular flexibility index (Phi) is 6.64. The lowest BCUT2D eigenvalue weighted by molar-refractivity contribution is -0.145. The number of carbonyl (C=O) groups excluding carboxylic acids is 2. The van der Waals surface area contributed by atoms with E-state index in [4.69, 9.17) is 13.9 Å². The van der Waals surface area contributed by atoms with Crippen LogP contribution in [0.25, 0.3) is 11.0 Å². The maximum Gasteiger partial charge on any atom is 0.336 e. The van der Waals surface area contributed by atoms with Crippen molar-refractivity contribution in [1.82, 2.24) is 5.32 Å². The first-order valence-electron chi connectivity index (χ1n) is 9.23. The zero-order chi connectivity index (χ0) is 22.5. The highest BCUT2D eigenvalue weighted by atomic mass is 19.1. The lowest BCUT2D eigenvalue weighted by Gasteiger charge is -2.17. The molecule has 0 saturated carbocycles. The molecular formula is C22H19F2NO6. The zero-order valence-electron chi connectivity index (χ0n) is 16.7. The Morgan fingerprint density at radius 3 is 2.45 bits per heavy atom. The van der Waals surface area contributed by atoms with Gasteiger partial charge in [-0.2, -0.15) is 0 Å². The summed E-state index contributed by atoms with van der Waals surface area (Å²) in [5.74, 6) is -2.83. The molecule has 1 amide bonds. The van der Waals surface area contributed by atoms with Gasteiger partial charge in [-0.05, 0) is 29.8 Å². The Labute approximate surface area is 175 Å². The summed E-state index contributed by atoms with van der Waals surface area (Å²) in [5, 5.41) is 2.95. The fraction of sp³-hybridized carbons (Fsp3) is 0.227. The Balaban J connectivity index is 1.88. The van der Waals surface area contributed by atoms with Crippen molar-refractivity contribution < 1.29 is 32.3 Å². The van der Waals surface area contributed by atoms with Crippen LogP contribution in [0.15, 0.2) is 51.7 Å². The lowest BCUT2D eigenvalue weighted by Crippen LogP contribution is -2.44. The van der Waals surface area contributed by atoms with Crippen molar-refractivity contribution >= 4 is 22.8 Å². The van der Waals surface area contributed by atoms with Gasteiger partial charge in [0.05, 0.1) is 20.6 Å². The fourth-order valence-electron chi connectivity index (χ4n) is 3.17. The highest BCUT2D eigenvalue weighted by Gasteiger charge is 2.25. The van der Waals surface area contributed by atoms with E-state index >= 15 is 0 Å². The van der Waals surface area contributed by atoms with E-state index in [-0.39, 0.29) is 12.0 Å². The number of nitrogens with one attached hydrogen (secondary N) is 1. The number of benzene rings is 2. The molecule has 0 spiro atoms. The summed E-state index contributed by atoms with van der Waals surface area (Å²) in [7, 11) is 2.60. The smallest absolute Gasteiger partial charge is 0.336 e. The third-order valence-corrected chi connectivity index (χ3v) is 4.68. The van der Waals surface area contributed by atoms with Crippen molar-refractivity contribution in [2.24, 2.45) is 0 Å². The summed E-state index contributed by atoms with van der Waals surface area (Å²) in [5.41, 5.74) is -0.410. The molecule has 1 heterocycles. The highest BCUT2D eigenvalue weighted by Crippen LogP contribution is 2.23. The number of fused-ring (bicyclic) bond motifs is 1. The van der Waals surface area contributed by atoms with Gasteiger partial charge in [0.25, 0.3) is 0 Å². The average molecular weight is 431 g/mol. The number of esters is 1. The molecule has 3 aromatic rings. The number of methoxy groups -OCH3 is 2. The minimum Gasteiger partial charge on any atom is -0.497 e. The summed E-state index contributed by atoms with van der Waals surface area (Å²) in [6.07, 6.45) is -0.715. The number of carbonyl (C=O) groups is 2. The summed E-state index contributed by atoms with van der Waals surface area (Å²) in [6.45, 7) is 0. The predicted octanol–water partition coefficient (Wildman–Crippen LogP) is 2.52.